The molecule has 1 rings (SSSR count). The molecule has 76 valence electrons. The quantitative estimate of drug-likeness (QED) is 0.675. The van der Waals surface area contributed by atoms with Gasteiger partial charge in [0.15, 0.2) is 5.78 Å². The molecule has 0 fully saturated rings. The zero-order chi connectivity index (χ0) is 10.8. The van der Waals surface area contributed by atoms with Crippen molar-refractivity contribution in [2.75, 3.05) is 0 Å². The van der Waals surface area contributed by atoms with E-state index in [4.69, 9.17) is 0 Å². The van der Waals surface area contributed by atoms with Crippen LogP contribution in [0.1, 0.15) is 43.9 Å². The SMILES string of the molecule is CC(=O)c1cc(CC(C)(C)C)ncn1. The molecule has 0 amide bonds. The molecule has 0 atom stereocenters. The zero-order valence-electron chi connectivity index (χ0n) is 9.16. The number of hydrogen-bond acceptors (Lipinski definition) is 3. The molecule has 0 saturated heterocycles. The maximum atomic E-state index is 11.1. The molecular weight excluding hydrogens is 176 g/mol. The summed E-state index contributed by atoms with van der Waals surface area (Å²) in [6, 6.07) is 1.77. The van der Waals surface area contributed by atoms with E-state index in [1.165, 1.54) is 13.3 Å². The van der Waals surface area contributed by atoms with Gasteiger partial charge in [0.1, 0.15) is 12.0 Å². The van der Waals surface area contributed by atoms with E-state index < -0.39 is 0 Å². The van der Waals surface area contributed by atoms with Crippen LogP contribution in [0, 0.1) is 5.41 Å². The minimum absolute atomic E-state index is 0.0115. The highest BCUT2D eigenvalue weighted by atomic mass is 16.1. The van der Waals surface area contributed by atoms with Crippen molar-refractivity contribution < 1.29 is 4.79 Å². The second-order valence-corrected chi connectivity index (χ2v) is 4.69. The fraction of sp³-hybridized carbons (Fsp3) is 0.545. The molecule has 0 radical (unpaired) electrons. The summed E-state index contributed by atoms with van der Waals surface area (Å²) >= 11 is 0. The Bertz CT molecular complexity index is 339. The van der Waals surface area contributed by atoms with Crippen LogP contribution < -0.4 is 0 Å². The number of carbonyl (C=O) groups is 1. The standard InChI is InChI=1S/C11H16N2O/c1-8(14)10-5-9(12-7-13-10)6-11(2,3)4/h5,7H,6H2,1-4H3. The van der Waals surface area contributed by atoms with Crippen LogP contribution in [0.3, 0.4) is 0 Å². The van der Waals surface area contributed by atoms with E-state index in [1.807, 2.05) is 0 Å². The van der Waals surface area contributed by atoms with Crippen LogP contribution in [0.2, 0.25) is 0 Å². The Morgan fingerprint density at radius 1 is 1.36 bits per heavy atom. The van der Waals surface area contributed by atoms with E-state index in [0.29, 0.717) is 5.69 Å². The minimum atomic E-state index is -0.0115. The van der Waals surface area contributed by atoms with E-state index in [0.717, 1.165) is 12.1 Å². The minimum Gasteiger partial charge on any atom is -0.293 e. The monoisotopic (exact) mass is 192 g/mol. The number of hydrogen-bond donors (Lipinski definition) is 0. The van der Waals surface area contributed by atoms with E-state index in [-0.39, 0.29) is 11.2 Å². The third-order valence-corrected chi connectivity index (χ3v) is 1.80. The third-order valence-electron chi connectivity index (χ3n) is 1.80. The smallest absolute Gasteiger partial charge is 0.178 e. The van der Waals surface area contributed by atoms with Gasteiger partial charge in [0.25, 0.3) is 0 Å². The first kappa shape index (κ1) is 10.8. The molecule has 0 aliphatic rings. The van der Waals surface area contributed by atoms with Crippen molar-refractivity contribution in [3.63, 3.8) is 0 Å². The largest absolute Gasteiger partial charge is 0.293 e. The topological polar surface area (TPSA) is 42.9 Å². The lowest BCUT2D eigenvalue weighted by molar-refractivity contribution is 0.101. The van der Waals surface area contributed by atoms with E-state index in [9.17, 15) is 4.79 Å². The highest BCUT2D eigenvalue weighted by Gasteiger charge is 2.13. The maximum absolute atomic E-state index is 11.1. The second kappa shape index (κ2) is 3.86. The summed E-state index contributed by atoms with van der Waals surface area (Å²) in [5.41, 5.74) is 1.61. The third kappa shape index (κ3) is 3.24. The van der Waals surface area contributed by atoms with Gasteiger partial charge in [-0.2, -0.15) is 0 Å². The molecule has 3 nitrogen and oxygen atoms in total. The normalized spacial score (nSPS) is 11.4. The van der Waals surface area contributed by atoms with E-state index in [2.05, 4.69) is 30.7 Å². The summed E-state index contributed by atoms with van der Waals surface area (Å²) in [7, 11) is 0. The van der Waals surface area contributed by atoms with Gasteiger partial charge in [-0.3, -0.25) is 4.79 Å². The van der Waals surface area contributed by atoms with Gasteiger partial charge in [-0.05, 0) is 17.9 Å². The molecule has 1 aromatic rings. The summed E-state index contributed by atoms with van der Waals surface area (Å²) in [6.45, 7) is 7.94. The lowest BCUT2D eigenvalue weighted by Crippen LogP contribution is -2.11. The molecule has 0 aliphatic heterocycles. The van der Waals surface area contributed by atoms with Gasteiger partial charge in [-0.1, -0.05) is 20.8 Å². The lowest BCUT2D eigenvalue weighted by Gasteiger charge is -2.17. The number of ketones is 1. The van der Waals surface area contributed by atoms with Gasteiger partial charge in [-0.15, -0.1) is 0 Å². The van der Waals surface area contributed by atoms with Crippen molar-refractivity contribution >= 4 is 5.78 Å². The average Bonchev–Trinajstić information content (AvgIpc) is 2.01. The maximum Gasteiger partial charge on any atom is 0.178 e. The van der Waals surface area contributed by atoms with Gasteiger partial charge in [0.05, 0.1) is 0 Å². The number of Topliss-reactive ketones (excluding diaryl/α,β-unsaturated/α-hetero) is 1. The van der Waals surface area contributed by atoms with Gasteiger partial charge in [-0.25, -0.2) is 9.97 Å². The molecule has 0 bridgehead atoms. The fourth-order valence-electron chi connectivity index (χ4n) is 1.23. The molecule has 0 aliphatic carbocycles. The van der Waals surface area contributed by atoms with Gasteiger partial charge in [0.2, 0.25) is 0 Å². The Kier molecular flexibility index (Phi) is 2.99. The summed E-state index contributed by atoms with van der Waals surface area (Å²) in [6.07, 6.45) is 2.31. The predicted octanol–water partition coefficient (Wildman–Crippen LogP) is 2.27. The van der Waals surface area contributed by atoms with Crippen LogP contribution in [0.15, 0.2) is 12.4 Å². The molecule has 0 aromatic carbocycles. The average molecular weight is 192 g/mol. The van der Waals surface area contributed by atoms with Crippen molar-refractivity contribution in [1.82, 2.24) is 9.97 Å². The Morgan fingerprint density at radius 2 is 2.00 bits per heavy atom. The zero-order valence-corrected chi connectivity index (χ0v) is 9.16. The van der Waals surface area contributed by atoms with Gasteiger partial charge >= 0.3 is 0 Å². The van der Waals surface area contributed by atoms with Crippen molar-refractivity contribution in [3.05, 3.63) is 23.8 Å². The molecule has 1 aromatic heterocycles. The predicted molar refractivity (Wildman–Crippen MR) is 55.2 cm³/mol. The fourth-order valence-corrected chi connectivity index (χ4v) is 1.23. The lowest BCUT2D eigenvalue weighted by atomic mass is 9.90. The Balaban J connectivity index is 2.89. The van der Waals surface area contributed by atoms with Crippen LogP contribution in [0.4, 0.5) is 0 Å². The highest BCUT2D eigenvalue weighted by Crippen LogP contribution is 2.19. The Labute approximate surface area is 84.6 Å². The summed E-state index contributed by atoms with van der Waals surface area (Å²) in [5.74, 6) is -0.0115. The molecule has 3 heteroatoms. The summed E-state index contributed by atoms with van der Waals surface area (Å²) in [4.78, 5) is 19.1. The van der Waals surface area contributed by atoms with Crippen LogP contribution in [-0.2, 0) is 6.42 Å². The highest BCUT2D eigenvalue weighted by molar-refractivity contribution is 5.92. The second-order valence-electron chi connectivity index (χ2n) is 4.69. The first-order valence-corrected chi connectivity index (χ1v) is 4.70. The number of carbonyl (C=O) groups excluding carboxylic acids is 1. The number of nitrogens with zero attached hydrogens (tertiary/aromatic N) is 2. The van der Waals surface area contributed by atoms with Crippen LogP contribution in [-0.4, -0.2) is 15.8 Å². The van der Waals surface area contributed by atoms with Gasteiger partial charge < -0.3 is 0 Å². The van der Waals surface area contributed by atoms with Gasteiger partial charge in [0, 0.05) is 12.6 Å². The van der Waals surface area contributed by atoms with Crippen molar-refractivity contribution in [2.24, 2.45) is 5.41 Å². The molecule has 1 heterocycles. The van der Waals surface area contributed by atoms with Crippen LogP contribution >= 0.6 is 0 Å². The summed E-state index contributed by atoms with van der Waals surface area (Å²) < 4.78 is 0. The summed E-state index contributed by atoms with van der Waals surface area (Å²) in [5, 5.41) is 0. The molecule has 0 saturated carbocycles. The van der Waals surface area contributed by atoms with Crippen molar-refractivity contribution in [2.45, 2.75) is 34.1 Å². The Hall–Kier alpha value is -1.25. The van der Waals surface area contributed by atoms with Crippen LogP contribution in [0.5, 0.6) is 0 Å². The first-order chi connectivity index (χ1) is 6.38. The molecular formula is C11H16N2O. The Morgan fingerprint density at radius 3 is 2.50 bits per heavy atom. The van der Waals surface area contributed by atoms with Crippen molar-refractivity contribution in [3.8, 4) is 0 Å². The molecule has 14 heavy (non-hydrogen) atoms. The molecule has 0 unspecified atom stereocenters. The molecule has 0 N–H and O–H groups in total. The first-order valence-electron chi connectivity index (χ1n) is 4.70. The number of aromatic nitrogens is 2. The molecule has 0 spiro atoms. The number of rotatable bonds is 2. The van der Waals surface area contributed by atoms with Crippen molar-refractivity contribution in [1.29, 1.82) is 0 Å². The van der Waals surface area contributed by atoms with Crippen LogP contribution in [0.25, 0.3) is 0 Å². The van der Waals surface area contributed by atoms with E-state index in [1.54, 1.807) is 6.07 Å². The van der Waals surface area contributed by atoms with E-state index >= 15 is 0 Å².